The molecule has 3 N–H and O–H groups in total. The van der Waals surface area contributed by atoms with Crippen LogP contribution >= 0.6 is 0 Å². The average molecular weight is 381 g/mol. The van der Waals surface area contributed by atoms with E-state index in [2.05, 4.69) is 13.8 Å². The topological polar surface area (TPSA) is 87.0 Å². The molecule has 1 aromatic rings. The van der Waals surface area contributed by atoms with Crippen LogP contribution in [0.25, 0.3) is 0 Å². The fraction of sp³-hybridized carbons (Fsp3) is 0.682. The van der Waals surface area contributed by atoms with Gasteiger partial charge in [-0.25, -0.2) is 4.79 Å². The number of unbranched alkanes of at least 4 members (excludes halogenated alkanes) is 6. The first-order chi connectivity index (χ1) is 13.0. The van der Waals surface area contributed by atoms with Crippen LogP contribution in [0.1, 0.15) is 100 Å². The normalized spacial score (nSPS) is 10.9. The molecule has 0 atom stereocenters. The number of carboxylic acids is 1. The summed E-state index contributed by atoms with van der Waals surface area (Å²) in [6, 6.07) is 0. The molecule has 154 valence electrons. The van der Waals surface area contributed by atoms with Crippen molar-refractivity contribution in [1.82, 2.24) is 0 Å². The van der Waals surface area contributed by atoms with Gasteiger partial charge in [0.05, 0.1) is 6.61 Å². The quantitative estimate of drug-likeness (QED) is 0.279. The largest absolute Gasteiger partial charge is 0.504 e. The zero-order chi connectivity index (χ0) is 20.2. The Bertz CT molecular complexity index is 595. The molecular formula is C22H36O5. The van der Waals surface area contributed by atoms with Crippen molar-refractivity contribution in [3.63, 3.8) is 0 Å². The van der Waals surface area contributed by atoms with Gasteiger partial charge in [-0.3, -0.25) is 0 Å². The SMILES string of the molecule is CCCCCCc1c(O)c(O)c(C(=O)O)c(OCCC)c1CCCCCC. The number of carboxylic acid groups (broad SMARTS) is 1. The molecule has 5 heteroatoms. The number of aromatic carboxylic acids is 1. The number of aromatic hydroxyl groups is 2. The van der Waals surface area contributed by atoms with E-state index in [0.717, 1.165) is 63.4 Å². The molecule has 0 saturated carbocycles. The van der Waals surface area contributed by atoms with Gasteiger partial charge in [0.2, 0.25) is 0 Å². The van der Waals surface area contributed by atoms with E-state index in [9.17, 15) is 20.1 Å². The average Bonchev–Trinajstić information content (AvgIpc) is 2.64. The minimum absolute atomic E-state index is 0.238. The van der Waals surface area contributed by atoms with E-state index in [1.807, 2.05) is 6.92 Å². The molecule has 0 radical (unpaired) electrons. The van der Waals surface area contributed by atoms with Crippen LogP contribution in [0.3, 0.4) is 0 Å². The van der Waals surface area contributed by atoms with Crippen LogP contribution in [-0.2, 0) is 12.8 Å². The predicted octanol–water partition coefficient (Wildman–Crippen LogP) is 5.83. The van der Waals surface area contributed by atoms with Crippen molar-refractivity contribution in [1.29, 1.82) is 0 Å². The summed E-state index contributed by atoms with van der Waals surface area (Å²) in [6.45, 7) is 6.61. The molecule has 0 aliphatic rings. The van der Waals surface area contributed by atoms with Crippen molar-refractivity contribution in [2.24, 2.45) is 0 Å². The van der Waals surface area contributed by atoms with Gasteiger partial charge in [0.1, 0.15) is 11.3 Å². The van der Waals surface area contributed by atoms with Crippen molar-refractivity contribution in [2.75, 3.05) is 6.61 Å². The lowest BCUT2D eigenvalue weighted by Crippen LogP contribution is -2.10. The minimum Gasteiger partial charge on any atom is -0.504 e. The summed E-state index contributed by atoms with van der Waals surface area (Å²) in [6.07, 6.45) is 10.3. The molecule has 0 heterocycles. The third-order valence-electron chi connectivity index (χ3n) is 4.84. The number of ether oxygens (including phenoxy) is 1. The van der Waals surface area contributed by atoms with Crippen LogP contribution in [-0.4, -0.2) is 27.9 Å². The molecule has 27 heavy (non-hydrogen) atoms. The summed E-state index contributed by atoms with van der Waals surface area (Å²) < 4.78 is 5.79. The number of phenolic OH excluding ortho intramolecular Hbond substituents is 1. The third kappa shape index (κ3) is 6.64. The first-order valence-electron chi connectivity index (χ1n) is 10.4. The standard InChI is InChI=1S/C22H36O5/c1-4-7-9-11-13-16-17(14-12-10-8-5-2)21(27-15-6-3)18(22(25)26)20(24)19(16)23/h23-24H,4-15H2,1-3H3,(H,25,26). The summed E-state index contributed by atoms with van der Waals surface area (Å²) in [5.41, 5.74) is 1.09. The number of hydrogen-bond donors (Lipinski definition) is 3. The molecule has 1 aromatic carbocycles. The Kier molecular flexibility index (Phi) is 10.7. The maximum atomic E-state index is 11.7. The molecule has 0 aliphatic heterocycles. The van der Waals surface area contributed by atoms with Crippen LogP contribution in [0.2, 0.25) is 0 Å². The molecule has 1 rings (SSSR count). The molecule has 0 aliphatic carbocycles. The lowest BCUT2D eigenvalue weighted by atomic mass is 9.91. The Morgan fingerprint density at radius 1 is 0.778 bits per heavy atom. The summed E-state index contributed by atoms with van der Waals surface area (Å²) >= 11 is 0. The van der Waals surface area contributed by atoms with Crippen LogP contribution < -0.4 is 4.74 Å². The molecule has 0 unspecified atom stereocenters. The maximum absolute atomic E-state index is 11.7. The Balaban J connectivity index is 3.33. The molecule has 0 spiro atoms. The van der Waals surface area contributed by atoms with Crippen LogP contribution in [0.4, 0.5) is 0 Å². The highest BCUT2D eigenvalue weighted by Crippen LogP contribution is 2.44. The lowest BCUT2D eigenvalue weighted by Gasteiger charge is -2.21. The number of carbonyl (C=O) groups is 1. The zero-order valence-corrected chi connectivity index (χ0v) is 17.1. The van der Waals surface area contributed by atoms with E-state index in [1.165, 1.54) is 0 Å². The molecule has 5 nitrogen and oxygen atoms in total. The van der Waals surface area contributed by atoms with Crippen molar-refractivity contribution < 1.29 is 24.9 Å². The molecule has 0 saturated heterocycles. The van der Waals surface area contributed by atoms with E-state index in [-0.39, 0.29) is 17.1 Å². The van der Waals surface area contributed by atoms with E-state index >= 15 is 0 Å². The second-order valence-corrected chi connectivity index (χ2v) is 7.13. The van der Waals surface area contributed by atoms with Gasteiger partial charge in [-0.05, 0) is 32.1 Å². The lowest BCUT2D eigenvalue weighted by molar-refractivity contribution is 0.0687. The second-order valence-electron chi connectivity index (χ2n) is 7.13. The predicted molar refractivity (Wildman–Crippen MR) is 108 cm³/mol. The van der Waals surface area contributed by atoms with Crippen molar-refractivity contribution >= 4 is 5.97 Å². The molecular weight excluding hydrogens is 344 g/mol. The highest BCUT2D eigenvalue weighted by Gasteiger charge is 2.28. The molecule has 0 amide bonds. The number of rotatable bonds is 14. The molecule has 0 aromatic heterocycles. The fourth-order valence-corrected chi connectivity index (χ4v) is 3.35. The monoisotopic (exact) mass is 380 g/mol. The summed E-state index contributed by atoms with van der Waals surface area (Å²) in [7, 11) is 0. The van der Waals surface area contributed by atoms with E-state index < -0.39 is 11.7 Å². The zero-order valence-electron chi connectivity index (χ0n) is 17.1. The minimum atomic E-state index is -1.28. The van der Waals surface area contributed by atoms with Crippen molar-refractivity contribution in [3.05, 3.63) is 16.7 Å². The van der Waals surface area contributed by atoms with Gasteiger partial charge in [-0.15, -0.1) is 0 Å². The Labute approximate surface area is 163 Å². The van der Waals surface area contributed by atoms with Gasteiger partial charge in [-0.1, -0.05) is 59.3 Å². The van der Waals surface area contributed by atoms with E-state index in [0.29, 0.717) is 25.0 Å². The molecule has 0 bridgehead atoms. The third-order valence-corrected chi connectivity index (χ3v) is 4.84. The van der Waals surface area contributed by atoms with Crippen molar-refractivity contribution in [2.45, 2.75) is 91.4 Å². The Morgan fingerprint density at radius 3 is 1.81 bits per heavy atom. The van der Waals surface area contributed by atoms with Gasteiger partial charge >= 0.3 is 5.97 Å². The summed E-state index contributed by atoms with van der Waals surface area (Å²) in [5.74, 6) is -1.91. The maximum Gasteiger partial charge on any atom is 0.343 e. The van der Waals surface area contributed by atoms with Gasteiger partial charge in [0, 0.05) is 11.1 Å². The van der Waals surface area contributed by atoms with Crippen LogP contribution in [0, 0.1) is 0 Å². The van der Waals surface area contributed by atoms with Gasteiger partial charge in [-0.2, -0.15) is 0 Å². The summed E-state index contributed by atoms with van der Waals surface area (Å²) in [4.78, 5) is 11.7. The van der Waals surface area contributed by atoms with Crippen molar-refractivity contribution in [3.8, 4) is 17.2 Å². The second kappa shape index (κ2) is 12.5. The van der Waals surface area contributed by atoms with Gasteiger partial charge < -0.3 is 20.1 Å². The van der Waals surface area contributed by atoms with Gasteiger partial charge in [0.25, 0.3) is 0 Å². The number of hydrogen-bond acceptors (Lipinski definition) is 4. The van der Waals surface area contributed by atoms with Crippen LogP contribution in [0.15, 0.2) is 0 Å². The van der Waals surface area contributed by atoms with Crippen LogP contribution in [0.5, 0.6) is 17.2 Å². The number of phenols is 2. The van der Waals surface area contributed by atoms with E-state index in [1.54, 1.807) is 0 Å². The number of benzene rings is 1. The summed E-state index contributed by atoms with van der Waals surface area (Å²) in [5, 5.41) is 30.5. The van der Waals surface area contributed by atoms with E-state index in [4.69, 9.17) is 4.74 Å². The molecule has 0 fully saturated rings. The highest BCUT2D eigenvalue weighted by atomic mass is 16.5. The Hall–Kier alpha value is -1.91. The first-order valence-corrected chi connectivity index (χ1v) is 10.4. The van der Waals surface area contributed by atoms with Gasteiger partial charge in [0.15, 0.2) is 11.5 Å². The Morgan fingerprint density at radius 2 is 1.33 bits per heavy atom. The fourth-order valence-electron chi connectivity index (χ4n) is 3.35. The smallest absolute Gasteiger partial charge is 0.343 e. The first kappa shape index (κ1) is 23.1. The highest BCUT2D eigenvalue weighted by molar-refractivity contribution is 5.96.